The number of sulfonamides is 1. The second-order valence-corrected chi connectivity index (χ2v) is 5.95. The second kappa shape index (κ2) is 5.42. The summed E-state index contributed by atoms with van der Waals surface area (Å²) in [4.78, 5) is 11.6. The minimum absolute atomic E-state index is 0.123. The molecule has 0 fully saturated rings. The van der Waals surface area contributed by atoms with E-state index in [9.17, 15) is 13.2 Å². The molecule has 0 amide bonds. The van der Waals surface area contributed by atoms with Crippen LogP contribution in [0.25, 0.3) is 0 Å². The lowest BCUT2D eigenvalue weighted by Gasteiger charge is -2.09. The number of hydrogen-bond acceptors (Lipinski definition) is 3. The van der Waals surface area contributed by atoms with Crippen molar-refractivity contribution in [2.75, 3.05) is 6.54 Å². The van der Waals surface area contributed by atoms with Gasteiger partial charge in [-0.25, -0.2) is 13.1 Å². The molecule has 1 N–H and O–H groups in total. The van der Waals surface area contributed by atoms with Gasteiger partial charge in [0.15, 0.2) is 0 Å². The monoisotopic (exact) mass is 255 g/mol. The molecule has 0 aromatic heterocycles. The SMILES string of the molecule is Cc1ccccc1S(=O)(=O)NCC(=O)C(C)C. The Labute approximate surface area is 102 Å². The Morgan fingerprint density at radius 1 is 1.29 bits per heavy atom. The topological polar surface area (TPSA) is 63.2 Å². The van der Waals surface area contributed by atoms with Crippen LogP contribution >= 0.6 is 0 Å². The van der Waals surface area contributed by atoms with Crippen LogP contribution in [0.4, 0.5) is 0 Å². The van der Waals surface area contributed by atoms with Crippen LogP contribution in [-0.4, -0.2) is 20.7 Å². The first kappa shape index (κ1) is 13.9. The van der Waals surface area contributed by atoms with Crippen molar-refractivity contribution in [1.29, 1.82) is 0 Å². The van der Waals surface area contributed by atoms with Gasteiger partial charge >= 0.3 is 0 Å². The highest BCUT2D eigenvalue weighted by Crippen LogP contribution is 2.13. The molecule has 0 heterocycles. The highest BCUT2D eigenvalue weighted by molar-refractivity contribution is 7.89. The van der Waals surface area contributed by atoms with Crippen molar-refractivity contribution in [1.82, 2.24) is 4.72 Å². The molecule has 1 aromatic rings. The first-order valence-electron chi connectivity index (χ1n) is 5.42. The van der Waals surface area contributed by atoms with E-state index in [0.717, 1.165) is 0 Å². The summed E-state index contributed by atoms with van der Waals surface area (Å²) in [7, 11) is -3.59. The van der Waals surface area contributed by atoms with E-state index >= 15 is 0 Å². The van der Waals surface area contributed by atoms with Crippen molar-refractivity contribution in [3.8, 4) is 0 Å². The van der Waals surface area contributed by atoms with Gasteiger partial charge < -0.3 is 0 Å². The van der Waals surface area contributed by atoms with E-state index in [4.69, 9.17) is 0 Å². The van der Waals surface area contributed by atoms with Gasteiger partial charge in [0, 0.05) is 5.92 Å². The van der Waals surface area contributed by atoms with Crippen molar-refractivity contribution >= 4 is 15.8 Å². The fourth-order valence-electron chi connectivity index (χ4n) is 1.31. The van der Waals surface area contributed by atoms with E-state index in [1.165, 1.54) is 6.07 Å². The molecule has 17 heavy (non-hydrogen) atoms. The Morgan fingerprint density at radius 2 is 1.88 bits per heavy atom. The van der Waals surface area contributed by atoms with Gasteiger partial charge in [-0.05, 0) is 18.6 Å². The number of Topliss-reactive ketones (excluding diaryl/α,β-unsaturated/α-hetero) is 1. The van der Waals surface area contributed by atoms with E-state index in [-0.39, 0.29) is 23.1 Å². The second-order valence-electron chi connectivity index (χ2n) is 4.21. The third kappa shape index (κ3) is 3.64. The molecular formula is C12H17NO3S. The molecular weight excluding hydrogens is 238 g/mol. The average molecular weight is 255 g/mol. The summed E-state index contributed by atoms with van der Waals surface area (Å²) in [5, 5.41) is 0. The lowest BCUT2D eigenvalue weighted by molar-refractivity contribution is -0.120. The number of carbonyl (C=O) groups excluding carboxylic acids is 1. The van der Waals surface area contributed by atoms with E-state index in [2.05, 4.69) is 4.72 Å². The van der Waals surface area contributed by atoms with Crippen LogP contribution < -0.4 is 4.72 Å². The fourth-order valence-corrected chi connectivity index (χ4v) is 2.54. The van der Waals surface area contributed by atoms with Gasteiger partial charge in [0.05, 0.1) is 11.4 Å². The molecule has 0 atom stereocenters. The summed E-state index contributed by atoms with van der Waals surface area (Å²) >= 11 is 0. The molecule has 5 heteroatoms. The molecule has 1 aromatic carbocycles. The molecule has 0 unspecified atom stereocenters. The maximum absolute atomic E-state index is 11.9. The fraction of sp³-hybridized carbons (Fsp3) is 0.417. The third-order valence-corrected chi connectivity index (χ3v) is 4.02. The Bertz CT molecular complexity index is 506. The number of benzene rings is 1. The molecule has 0 aliphatic heterocycles. The van der Waals surface area contributed by atoms with Crippen LogP contribution in [0.1, 0.15) is 19.4 Å². The molecule has 0 radical (unpaired) electrons. The molecule has 4 nitrogen and oxygen atoms in total. The van der Waals surface area contributed by atoms with Gasteiger partial charge in [-0.1, -0.05) is 32.0 Å². The Kier molecular flexibility index (Phi) is 4.42. The number of rotatable bonds is 5. The maximum atomic E-state index is 11.9. The summed E-state index contributed by atoms with van der Waals surface area (Å²) < 4.78 is 26.2. The predicted molar refractivity (Wildman–Crippen MR) is 66.2 cm³/mol. The summed E-state index contributed by atoms with van der Waals surface area (Å²) in [5.41, 5.74) is 0.664. The zero-order chi connectivity index (χ0) is 13.1. The van der Waals surface area contributed by atoms with Crippen LogP contribution in [0.5, 0.6) is 0 Å². The molecule has 1 rings (SSSR count). The van der Waals surface area contributed by atoms with E-state index in [0.29, 0.717) is 5.56 Å². The lowest BCUT2D eigenvalue weighted by Crippen LogP contribution is -2.31. The van der Waals surface area contributed by atoms with Gasteiger partial charge in [-0.15, -0.1) is 0 Å². The lowest BCUT2D eigenvalue weighted by atomic mass is 10.1. The zero-order valence-electron chi connectivity index (χ0n) is 10.2. The Morgan fingerprint density at radius 3 is 2.41 bits per heavy atom. The van der Waals surface area contributed by atoms with Crippen LogP contribution in [-0.2, 0) is 14.8 Å². The van der Waals surface area contributed by atoms with Gasteiger partial charge in [0.25, 0.3) is 0 Å². The molecule has 0 saturated carbocycles. The molecule has 0 spiro atoms. The van der Waals surface area contributed by atoms with Crippen molar-refractivity contribution in [2.45, 2.75) is 25.7 Å². The van der Waals surface area contributed by atoms with Crippen molar-refractivity contribution in [3.63, 3.8) is 0 Å². The van der Waals surface area contributed by atoms with Crippen LogP contribution in [0.2, 0.25) is 0 Å². The molecule has 0 saturated heterocycles. The van der Waals surface area contributed by atoms with Crippen LogP contribution in [0.15, 0.2) is 29.2 Å². The number of hydrogen-bond donors (Lipinski definition) is 1. The standard InChI is InChI=1S/C12H17NO3S/c1-9(2)11(14)8-13-17(15,16)12-7-5-4-6-10(12)3/h4-7,9,13H,8H2,1-3H3. The minimum atomic E-state index is -3.59. The van der Waals surface area contributed by atoms with Crippen molar-refractivity contribution < 1.29 is 13.2 Å². The van der Waals surface area contributed by atoms with Crippen molar-refractivity contribution in [2.24, 2.45) is 5.92 Å². The molecule has 0 bridgehead atoms. The quantitative estimate of drug-likeness (QED) is 0.867. The van der Waals surface area contributed by atoms with Gasteiger partial charge in [0.2, 0.25) is 10.0 Å². The Hall–Kier alpha value is -1.20. The highest BCUT2D eigenvalue weighted by Gasteiger charge is 2.18. The molecule has 0 aliphatic rings. The van der Waals surface area contributed by atoms with E-state index < -0.39 is 10.0 Å². The largest absolute Gasteiger partial charge is 0.298 e. The maximum Gasteiger partial charge on any atom is 0.241 e. The van der Waals surface area contributed by atoms with E-state index in [1.54, 1.807) is 39.0 Å². The number of nitrogens with one attached hydrogen (secondary N) is 1. The summed E-state index contributed by atoms with van der Waals surface area (Å²) in [6, 6.07) is 6.68. The average Bonchev–Trinajstić information content (AvgIpc) is 2.26. The first-order chi connectivity index (χ1) is 7.84. The van der Waals surface area contributed by atoms with Gasteiger partial charge in [-0.3, -0.25) is 4.79 Å². The van der Waals surface area contributed by atoms with Crippen LogP contribution in [0.3, 0.4) is 0 Å². The molecule has 0 aliphatic carbocycles. The molecule has 94 valence electrons. The first-order valence-corrected chi connectivity index (χ1v) is 6.91. The number of carbonyl (C=O) groups is 1. The minimum Gasteiger partial charge on any atom is -0.298 e. The zero-order valence-corrected chi connectivity index (χ0v) is 11.0. The van der Waals surface area contributed by atoms with Crippen molar-refractivity contribution in [3.05, 3.63) is 29.8 Å². The normalized spacial score (nSPS) is 11.8. The Balaban J connectivity index is 2.84. The summed E-state index contributed by atoms with van der Waals surface area (Å²) in [5.74, 6) is -0.295. The van der Waals surface area contributed by atoms with Crippen LogP contribution in [0, 0.1) is 12.8 Å². The predicted octanol–water partition coefficient (Wildman–Crippen LogP) is 1.50. The summed E-state index contributed by atoms with van der Waals surface area (Å²) in [6.07, 6.45) is 0. The third-order valence-electron chi connectivity index (χ3n) is 2.46. The smallest absolute Gasteiger partial charge is 0.241 e. The summed E-state index contributed by atoms with van der Waals surface area (Å²) in [6.45, 7) is 5.04. The highest BCUT2D eigenvalue weighted by atomic mass is 32.2. The van der Waals surface area contributed by atoms with E-state index in [1.807, 2.05) is 0 Å². The number of aryl methyl sites for hydroxylation is 1. The van der Waals surface area contributed by atoms with Gasteiger partial charge in [0.1, 0.15) is 5.78 Å². The number of ketones is 1. The van der Waals surface area contributed by atoms with Gasteiger partial charge in [-0.2, -0.15) is 0 Å².